The van der Waals surface area contributed by atoms with Gasteiger partial charge in [0.1, 0.15) is 11.7 Å². The molecule has 7 heteroatoms. The monoisotopic (exact) mass is 263 g/mol. The van der Waals surface area contributed by atoms with Gasteiger partial charge in [-0.2, -0.15) is 0 Å². The first kappa shape index (κ1) is 13.0. The number of carbonyl (C=O) groups is 3. The van der Waals surface area contributed by atoms with Crippen LogP contribution in [-0.2, 0) is 16.1 Å². The summed E-state index contributed by atoms with van der Waals surface area (Å²) in [6.45, 7) is 0.248. The molecule has 1 aromatic heterocycles. The number of carboxylic acids is 1. The van der Waals surface area contributed by atoms with E-state index in [1.54, 1.807) is 6.07 Å². The molecule has 1 aliphatic rings. The lowest BCUT2D eigenvalue weighted by molar-refractivity contribution is -0.125. The minimum atomic E-state index is -1.09. The number of aromatic nitrogens is 1. The van der Waals surface area contributed by atoms with E-state index >= 15 is 0 Å². The molecule has 1 fully saturated rings. The highest BCUT2D eigenvalue weighted by Crippen LogP contribution is 2.07. The molecule has 19 heavy (non-hydrogen) atoms. The number of hydrogen-bond donors (Lipinski definition) is 3. The highest BCUT2D eigenvalue weighted by molar-refractivity contribution is 5.90. The minimum Gasteiger partial charge on any atom is -0.477 e. The van der Waals surface area contributed by atoms with E-state index < -0.39 is 12.0 Å². The number of nitrogens with one attached hydrogen (secondary N) is 2. The van der Waals surface area contributed by atoms with E-state index in [1.807, 2.05) is 0 Å². The van der Waals surface area contributed by atoms with Gasteiger partial charge in [0, 0.05) is 19.2 Å². The predicted molar refractivity (Wildman–Crippen MR) is 64.2 cm³/mol. The molecule has 3 N–H and O–H groups in total. The maximum atomic E-state index is 11.7. The number of carboxylic acid groups (broad SMARTS) is 1. The van der Waals surface area contributed by atoms with Crippen LogP contribution in [0.25, 0.3) is 0 Å². The van der Waals surface area contributed by atoms with Gasteiger partial charge >= 0.3 is 5.97 Å². The van der Waals surface area contributed by atoms with Crippen molar-refractivity contribution in [2.75, 3.05) is 0 Å². The third-order valence-corrected chi connectivity index (χ3v) is 2.82. The Hall–Kier alpha value is -2.44. The molecule has 0 aromatic carbocycles. The Balaban J connectivity index is 1.86. The van der Waals surface area contributed by atoms with Crippen molar-refractivity contribution in [3.63, 3.8) is 0 Å². The second-order valence-electron chi connectivity index (χ2n) is 4.23. The Morgan fingerprint density at radius 2 is 2.26 bits per heavy atom. The van der Waals surface area contributed by atoms with Gasteiger partial charge in [0.05, 0.1) is 0 Å². The lowest BCUT2D eigenvalue weighted by atomic mass is 10.2. The molecule has 0 aliphatic carbocycles. The normalized spacial score (nSPS) is 17.9. The maximum Gasteiger partial charge on any atom is 0.354 e. The molecule has 2 amide bonds. The van der Waals surface area contributed by atoms with Crippen molar-refractivity contribution >= 4 is 17.8 Å². The average molecular weight is 263 g/mol. The highest BCUT2D eigenvalue weighted by atomic mass is 16.4. The topological polar surface area (TPSA) is 108 Å². The number of rotatable bonds is 4. The molecule has 100 valence electrons. The number of pyridine rings is 1. The van der Waals surface area contributed by atoms with Gasteiger partial charge in [-0.15, -0.1) is 0 Å². The largest absolute Gasteiger partial charge is 0.477 e. The number of carbonyl (C=O) groups excluding carboxylic acids is 2. The van der Waals surface area contributed by atoms with Crippen LogP contribution >= 0.6 is 0 Å². The van der Waals surface area contributed by atoms with Crippen molar-refractivity contribution in [2.24, 2.45) is 0 Å². The third kappa shape index (κ3) is 3.27. The van der Waals surface area contributed by atoms with Gasteiger partial charge in [0.25, 0.3) is 0 Å². The standard InChI is InChI=1S/C12H13N3O4/c16-10-4-3-8(15-10)11(17)14-6-7-1-2-9(12(18)19)13-5-7/h1-2,5,8H,3-4,6H2,(H,14,17)(H,15,16)(H,18,19)/t8-/m1/s1. The van der Waals surface area contributed by atoms with Crippen molar-refractivity contribution in [2.45, 2.75) is 25.4 Å². The zero-order valence-electron chi connectivity index (χ0n) is 10.0. The van der Waals surface area contributed by atoms with Gasteiger partial charge in [-0.1, -0.05) is 6.07 Å². The molecule has 0 saturated carbocycles. The summed E-state index contributed by atoms with van der Waals surface area (Å²) < 4.78 is 0. The third-order valence-electron chi connectivity index (χ3n) is 2.82. The van der Waals surface area contributed by atoms with Crippen molar-refractivity contribution in [3.8, 4) is 0 Å². The predicted octanol–water partition coefficient (Wildman–Crippen LogP) is -0.325. The van der Waals surface area contributed by atoms with E-state index in [0.717, 1.165) is 0 Å². The first-order chi connectivity index (χ1) is 9.06. The summed E-state index contributed by atoms with van der Waals surface area (Å²) in [4.78, 5) is 37.0. The van der Waals surface area contributed by atoms with Crippen LogP contribution in [0.5, 0.6) is 0 Å². The molecule has 0 radical (unpaired) electrons. The fourth-order valence-electron chi connectivity index (χ4n) is 1.78. The van der Waals surface area contributed by atoms with Crippen LogP contribution < -0.4 is 10.6 Å². The fourth-order valence-corrected chi connectivity index (χ4v) is 1.78. The van der Waals surface area contributed by atoms with Crippen LogP contribution in [0.1, 0.15) is 28.9 Å². The fraction of sp³-hybridized carbons (Fsp3) is 0.333. The van der Waals surface area contributed by atoms with Crippen molar-refractivity contribution in [1.82, 2.24) is 15.6 Å². The Kier molecular flexibility index (Phi) is 3.74. The van der Waals surface area contributed by atoms with Crippen molar-refractivity contribution in [3.05, 3.63) is 29.6 Å². The van der Waals surface area contributed by atoms with Crippen LogP contribution in [0.4, 0.5) is 0 Å². The van der Waals surface area contributed by atoms with E-state index in [2.05, 4.69) is 15.6 Å². The lowest BCUT2D eigenvalue weighted by Crippen LogP contribution is -2.41. The van der Waals surface area contributed by atoms with Gasteiger partial charge in [0.2, 0.25) is 11.8 Å². The number of nitrogens with zero attached hydrogens (tertiary/aromatic N) is 1. The first-order valence-corrected chi connectivity index (χ1v) is 5.81. The summed E-state index contributed by atoms with van der Waals surface area (Å²) >= 11 is 0. The van der Waals surface area contributed by atoms with Crippen LogP contribution in [0.2, 0.25) is 0 Å². The van der Waals surface area contributed by atoms with E-state index in [0.29, 0.717) is 18.4 Å². The van der Waals surface area contributed by atoms with Crippen LogP contribution in [0.3, 0.4) is 0 Å². The van der Waals surface area contributed by atoms with Gasteiger partial charge in [-0.05, 0) is 18.1 Å². The zero-order chi connectivity index (χ0) is 13.8. The second kappa shape index (κ2) is 5.47. The van der Waals surface area contributed by atoms with E-state index in [4.69, 9.17) is 5.11 Å². The Morgan fingerprint density at radius 3 is 2.79 bits per heavy atom. The quantitative estimate of drug-likeness (QED) is 0.689. The average Bonchev–Trinajstić information content (AvgIpc) is 2.83. The summed E-state index contributed by atoms with van der Waals surface area (Å²) in [6, 6.07) is 2.49. The summed E-state index contributed by atoms with van der Waals surface area (Å²) in [5.74, 6) is -1.45. The minimum absolute atomic E-state index is 0.0434. The maximum absolute atomic E-state index is 11.7. The van der Waals surface area contributed by atoms with Gasteiger partial charge < -0.3 is 15.7 Å². The summed E-state index contributed by atoms with van der Waals surface area (Å²) in [5, 5.41) is 13.9. The van der Waals surface area contributed by atoms with Gasteiger partial charge in [-0.3, -0.25) is 9.59 Å². The van der Waals surface area contributed by atoms with Crippen LogP contribution in [0.15, 0.2) is 18.3 Å². The Labute approximate surface area is 109 Å². The Morgan fingerprint density at radius 1 is 1.47 bits per heavy atom. The molecule has 0 spiro atoms. The van der Waals surface area contributed by atoms with Crippen molar-refractivity contribution in [1.29, 1.82) is 0 Å². The zero-order valence-corrected chi connectivity index (χ0v) is 10.0. The van der Waals surface area contributed by atoms with Gasteiger partial charge in [0.15, 0.2) is 0 Å². The summed E-state index contributed by atoms with van der Waals surface area (Å²) in [7, 11) is 0. The van der Waals surface area contributed by atoms with Gasteiger partial charge in [-0.25, -0.2) is 9.78 Å². The lowest BCUT2D eigenvalue weighted by Gasteiger charge is -2.10. The molecule has 1 saturated heterocycles. The molecule has 1 aliphatic heterocycles. The van der Waals surface area contributed by atoms with Crippen LogP contribution in [0, 0.1) is 0 Å². The smallest absolute Gasteiger partial charge is 0.354 e. The molecule has 0 bridgehead atoms. The molecule has 2 rings (SSSR count). The Bertz CT molecular complexity index is 512. The molecular formula is C12H13N3O4. The number of amides is 2. The molecule has 2 heterocycles. The molecule has 1 aromatic rings. The molecule has 0 unspecified atom stereocenters. The van der Waals surface area contributed by atoms with E-state index in [-0.39, 0.29) is 24.1 Å². The molecule has 7 nitrogen and oxygen atoms in total. The van der Waals surface area contributed by atoms with Crippen LogP contribution in [-0.4, -0.2) is 33.9 Å². The highest BCUT2D eigenvalue weighted by Gasteiger charge is 2.26. The van der Waals surface area contributed by atoms with Crippen molar-refractivity contribution < 1.29 is 19.5 Å². The summed E-state index contributed by atoms with van der Waals surface area (Å²) in [6.07, 6.45) is 2.27. The number of hydrogen-bond acceptors (Lipinski definition) is 4. The first-order valence-electron chi connectivity index (χ1n) is 5.81. The van der Waals surface area contributed by atoms with E-state index in [9.17, 15) is 14.4 Å². The van der Waals surface area contributed by atoms with E-state index in [1.165, 1.54) is 12.3 Å². The SMILES string of the molecule is O=C1CC[C@H](C(=O)NCc2ccc(C(=O)O)nc2)N1. The number of aromatic carboxylic acids is 1. The molecular weight excluding hydrogens is 250 g/mol. The summed E-state index contributed by atoms with van der Waals surface area (Å²) in [5.41, 5.74) is 0.654. The second-order valence-corrected chi connectivity index (χ2v) is 4.23. The molecule has 1 atom stereocenters.